The van der Waals surface area contributed by atoms with Gasteiger partial charge in [-0.3, -0.25) is 9.59 Å². The fourth-order valence-electron chi connectivity index (χ4n) is 2.00. The van der Waals surface area contributed by atoms with Gasteiger partial charge in [-0.25, -0.2) is 4.39 Å². The number of anilines is 1. The van der Waals surface area contributed by atoms with Crippen LogP contribution in [-0.2, 0) is 11.3 Å². The van der Waals surface area contributed by atoms with Crippen molar-refractivity contribution >= 4 is 29.4 Å². The van der Waals surface area contributed by atoms with Crippen LogP contribution in [0.25, 0.3) is 0 Å². The highest BCUT2D eigenvalue weighted by molar-refractivity contribution is 7.99. The van der Waals surface area contributed by atoms with Crippen LogP contribution in [0.5, 0.6) is 0 Å². The number of nitrogens with zero attached hydrogens (tertiary/aromatic N) is 3. The summed E-state index contributed by atoms with van der Waals surface area (Å²) in [4.78, 5) is 23.7. The second kappa shape index (κ2) is 8.45. The molecule has 3 aromatic rings. The highest BCUT2D eigenvalue weighted by Crippen LogP contribution is 2.17. The van der Waals surface area contributed by atoms with E-state index in [9.17, 15) is 14.0 Å². The number of halogens is 1. The summed E-state index contributed by atoms with van der Waals surface area (Å²) in [5.74, 6) is -0.476. The van der Waals surface area contributed by atoms with Crippen molar-refractivity contribution in [3.63, 3.8) is 0 Å². The lowest BCUT2D eigenvalue weighted by molar-refractivity contribution is -0.113. The maximum absolute atomic E-state index is 13.5. The number of hydrogen-bond acceptors (Lipinski definition) is 8. The summed E-state index contributed by atoms with van der Waals surface area (Å²) in [5.41, 5.74) is -0.0774. The van der Waals surface area contributed by atoms with Crippen LogP contribution in [0.2, 0.25) is 0 Å². The fraction of sp³-hybridized carbons (Fsp3) is 0.188. The van der Waals surface area contributed by atoms with E-state index in [1.54, 1.807) is 19.1 Å². The zero-order valence-corrected chi connectivity index (χ0v) is 14.9. The van der Waals surface area contributed by atoms with E-state index >= 15 is 0 Å². The van der Waals surface area contributed by atoms with Gasteiger partial charge in [0.15, 0.2) is 5.82 Å². The molecule has 140 valence electrons. The maximum atomic E-state index is 13.5. The Morgan fingerprint density at radius 3 is 2.81 bits per heavy atom. The molecule has 0 aliphatic carbocycles. The topological polar surface area (TPSA) is 123 Å². The molecule has 2 heterocycles. The first kappa shape index (κ1) is 18.6. The van der Waals surface area contributed by atoms with Crippen molar-refractivity contribution in [3.05, 3.63) is 53.4 Å². The molecule has 0 saturated carbocycles. The number of amides is 2. The monoisotopic (exact) mass is 391 g/mol. The van der Waals surface area contributed by atoms with E-state index < -0.39 is 11.7 Å². The number of carbonyl (C=O) groups excluding carboxylic acids is 2. The van der Waals surface area contributed by atoms with Gasteiger partial charge in [0.2, 0.25) is 11.8 Å². The molecule has 0 unspecified atom stereocenters. The Morgan fingerprint density at radius 1 is 1.26 bits per heavy atom. The summed E-state index contributed by atoms with van der Waals surface area (Å²) in [5, 5.41) is 16.4. The molecule has 0 aliphatic rings. The average molecular weight is 391 g/mol. The lowest BCUT2D eigenvalue weighted by atomic mass is 10.2. The molecule has 2 aromatic heterocycles. The molecule has 2 N–H and O–H groups in total. The SMILES string of the molecule is Cc1cc(NC(=O)CSc2nnc(CNC(=O)c3ccccc3F)o2)no1. The van der Waals surface area contributed by atoms with E-state index in [0.717, 1.165) is 11.8 Å². The summed E-state index contributed by atoms with van der Waals surface area (Å²) in [6.07, 6.45) is 0. The summed E-state index contributed by atoms with van der Waals surface area (Å²) in [6.45, 7) is 1.65. The van der Waals surface area contributed by atoms with Crippen molar-refractivity contribution in [1.29, 1.82) is 0 Å². The highest BCUT2D eigenvalue weighted by atomic mass is 32.2. The van der Waals surface area contributed by atoms with Gasteiger partial charge in [0.1, 0.15) is 11.6 Å². The molecule has 0 aliphatic heterocycles. The first-order valence-corrected chi connectivity index (χ1v) is 8.71. The van der Waals surface area contributed by atoms with Crippen LogP contribution >= 0.6 is 11.8 Å². The van der Waals surface area contributed by atoms with Crippen molar-refractivity contribution in [2.75, 3.05) is 11.1 Å². The van der Waals surface area contributed by atoms with Gasteiger partial charge < -0.3 is 19.6 Å². The zero-order valence-electron chi connectivity index (χ0n) is 14.1. The third-order valence-electron chi connectivity index (χ3n) is 3.19. The molecular formula is C16H14FN5O4S. The van der Waals surface area contributed by atoms with Crippen LogP contribution < -0.4 is 10.6 Å². The van der Waals surface area contributed by atoms with Crippen molar-refractivity contribution in [3.8, 4) is 0 Å². The standard InChI is InChI=1S/C16H14FN5O4S/c1-9-6-12(22-26-9)19-13(23)8-27-16-21-20-14(25-16)7-18-15(24)10-4-2-3-5-11(10)17/h2-6H,7-8H2,1H3,(H,18,24)(H,19,22,23). The molecule has 2 amide bonds. The molecule has 9 nitrogen and oxygen atoms in total. The van der Waals surface area contributed by atoms with Crippen molar-refractivity contribution in [2.45, 2.75) is 18.7 Å². The number of hydrogen-bond donors (Lipinski definition) is 2. The number of carbonyl (C=O) groups is 2. The van der Waals surface area contributed by atoms with E-state index in [1.807, 2.05) is 0 Å². The summed E-state index contributed by atoms with van der Waals surface area (Å²) in [7, 11) is 0. The molecule has 11 heteroatoms. The molecular weight excluding hydrogens is 377 g/mol. The number of thioether (sulfide) groups is 1. The third kappa shape index (κ3) is 5.14. The third-order valence-corrected chi connectivity index (χ3v) is 4.01. The van der Waals surface area contributed by atoms with E-state index in [-0.39, 0.29) is 34.9 Å². The second-order valence-electron chi connectivity index (χ2n) is 5.28. The molecule has 0 spiro atoms. The van der Waals surface area contributed by atoms with Gasteiger partial charge in [0.05, 0.1) is 17.9 Å². The predicted octanol–water partition coefficient (Wildman–Crippen LogP) is 2.17. The normalized spacial score (nSPS) is 10.6. The van der Waals surface area contributed by atoms with E-state index in [1.165, 1.54) is 18.2 Å². The zero-order chi connectivity index (χ0) is 19.2. The molecule has 0 fully saturated rings. The van der Waals surface area contributed by atoms with Crippen LogP contribution in [0.3, 0.4) is 0 Å². The van der Waals surface area contributed by atoms with Crippen LogP contribution in [-0.4, -0.2) is 32.9 Å². The lowest BCUT2D eigenvalue weighted by Crippen LogP contribution is -2.23. The van der Waals surface area contributed by atoms with Gasteiger partial charge in [0.25, 0.3) is 11.1 Å². The van der Waals surface area contributed by atoms with E-state index in [2.05, 4.69) is 26.0 Å². The van der Waals surface area contributed by atoms with Gasteiger partial charge in [0, 0.05) is 6.07 Å². The number of rotatable bonds is 7. The van der Waals surface area contributed by atoms with E-state index in [4.69, 9.17) is 8.94 Å². The minimum absolute atomic E-state index is 0.0229. The van der Waals surface area contributed by atoms with Crippen LogP contribution in [0.15, 0.2) is 44.5 Å². The van der Waals surface area contributed by atoms with Crippen molar-refractivity contribution in [2.24, 2.45) is 0 Å². The summed E-state index contributed by atoms with van der Waals surface area (Å²) in [6, 6.07) is 7.21. The van der Waals surface area contributed by atoms with Gasteiger partial charge >= 0.3 is 0 Å². The summed E-state index contributed by atoms with van der Waals surface area (Å²) < 4.78 is 23.7. The fourth-order valence-corrected chi connectivity index (χ4v) is 2.58. The van der Waals surface area contributed by atoms with Gasteiger partial charge in [-0.1, -0.05) is 29.1 Å². The van der Waals surface area contributed by atoms with Crippen LogP contribution in [0.4, 0.5) is 10.2 Å². The largest absolute Gasteiger partial charge is 0.414 e. The van der Waals surface area contributed by atoms with Gasteiger partial charge in [-0.05, 0) is 19.1 Å². The molecule has 1 aromatic carbocycles. The van der Waals surface area contributed by atoms with Crippen molar-refractivity contribution in [1.82, 2.24) is 20.7 Å². The Kier molecular flexibility index (Phi) is 5.81. The average Bonchev–Trinajstić information content (AvgIpc) is 3.27. The van der Waals surface area contributed by atoms with Gasteiger partial charge in [-0.15, -0.1) is 10.2 Å². The first-order valence-electron chi connectivity index (χ1n) is 7.72. The van der Waals surface area contributed by atoms with Gasteiger partial charge in [-0.2, -0.15) is 0 Å². The van der Waals surface area contributed by atoms with Crippen molar-refractivity contribution < 1.29 is 22.9 Å². The second-order valence-corrected chi connectivity index (χ2v) is 6.21. The maximum Gasteiger partial charge on any atom is 0.277 e. The molecule has 3 rings (SSSR count). The highest BCUT2D eigenvalue weighted by Gasteiger charge is 2.14. The Bertz CT molecular complexity index is 958. The minimum atomic E-state index is -0.620. The predicted molar refractivity (Wildman–Crippen MR) is 92.5 cm³/mol. The molecule has 0 saturated heterocycles. The molecule has 0 bridgehead atoms. The van der Waals surface area contributed by atoms with Crippen LogP contribution in [0.1, 0.15) is 22.0 Å². The molecule has 0 radical (unpaired) electrons. The number of nitrogens with one attached hydrogen (secondary N) is 2. The quantitative estimate of drug-likeness (QED) is 0.588. The Balaban J connectivity index is 1.46. The number of aryl methyl sites for hydroxylation is 1. The van der Waals surface area contributed by atoms with E-state index in [0.29, 0.717) is 11.6 Å². The minimum Gasteiger partial charge on any atom is -0.414 e. The Hall–Kier alpha value is -3.21. The molecule has 0 atom stereocenters. The smallest absolute Gasteiger partial charge is 0.277 e. The Labute approximate surface area is 156 Å². The summed E-state index contributed by atoms with van der Waals surface area (Å²) >= 11 is 1.03. The Morgan fingerprint density at radius 2 is 2.07 bits per heavy atom. The number of aromatic nitrogens is 3. The molecule has 27 heavy (non-hydrogen) atoms. The lowest BCUT2D eigenvalue weighted by Gasteiger charge is -2.03. The number of benzene rings is 1. The van der Waals surface area contributed by atoms with Crippen LogP contribution in [0, 0.1) is 12.7 Å². The first-order chi connectivity index (χ1) is 13.0.